The molecule has 5 nitrogen and oxygen atoms in total. The van der Waals surface area contributed by atoms with Crippen LogP contribution in [-0.4, -0.2) is 45.5 Å². The Morgan fingerprint density at radius 1 is 1.11 bits per heavy atom. The van der Waals surface area contributed by atoms with E-state index in [0.717, 1.165) is 17.1 Å². The van der Waals surface area contributed by atoms with Gasteiger partial charge in [-0.15, -0.1) is 11.8 Å². The normalized spacial score (nSPS) is 16.8. The summed E-state index contributed by atoms with van der Waals surface area (Å²) in [4.78, 5) is 27.1. The molecule has 2 aromatic rings. The number of hydrogen-bond donors (Lipinski definition) is 1. The van der Waals surface area contributed by atoms with Gasteiger partial charge in [-0.3, -0.25) is 9.59 Å². The van der Waals surface area contributed by atoms with E-state index in [1.165, 1.54) is 0 Å². The minimum atomic E-state index is -0.394. The molecule has 0 bridgehead atoms. The summed E-state index contributed by atoms with van der Waals surface area (Å²) in [7, 11) is 0. The van der Waals surface area contributed by atoms with Gasteiger partial charge in [-0.2, -0.15) is 0 Å². The Morgan fingerprint density at radius 2 is 1.74 bits per heavy atom. The van der Waals surface area contributed by atoms with E-state index >= 15 is 0 Å². The number of aromatic nitrogens is 1. The Hall–Kier alpha value is -2.21. The number of thioether (sulfide) groups is 1. The summed E-state index contributed by atoms with van der Waals surface area (Å²) in [6.07, 6.45) is 0. The van der Waals surface area contributed by atoms with Gasteiger partial charge in [0.05, 0.1) is 5.88 Å². The van der Waals surface area contributed by atoms with Crippen LogP contribution in [0, 0.1) is 19.8 Å². The molecule has 1 atom stereocenters. The summed E-state index contributed by atoms with van der Waals surface area (Å²) in [5.41, 5.74) is 3.97. The molecule has 2 heterocycles. The number of hydrogen-bond acceptors (Lipinski definition) is 3. The lowest BCUT2D eigenvalue weighted by Crippen LogP contribution is -2.47. The van der Waals surface area contributed by atoms with Crippen molar-refractivity contribution in [1.29, 1.82) is 0 Å². The van der Waals surface area contributed by atoms with Gasteiger partial charge in [-0.05, 0) is 56.2 Å². The molecule has 1 aliphatic rings. The molecule has 1 N–H and O–H groups in total. The molecule has 0 saturated carbocycles. The van der Waals surface area contributed by atoms with Crippen molar-refractivity contribution in [2.24, 2.45) is 5.92 Å². The van der Waals surface area contributed by atoms with Crippen molar-refractivity contribution in [2.45, 2.75) is 33.7 Å². The molecule has 0 spiro atoms. The molecule has 2 amide bonds. The molecular formula is C21H27N3O2S. The van der Waals surface area contributed by atoms with E-state index in [-0.39, 0.29) is 11.8 Å². The predicted molar refractivity (Wildman–Crippen MR) is 110 cm³/mol. The Kier molecular flexibility index (Phi) is 5.95. The van der Waals surface area contributed by atoms with E-state index < -0.39 is 6.04 Å². The maximum atomic E-state index is 13.0. The number of nitrogens with one attached hydrogen (secondary N) is 1. The van der Waals surface area contributed by atoms with E-state index in [1.54, 1.807) is 16.7 Å². The highest BCUT2D eigenvalue weighted by molar-refractivity contribution is 7.99. The van der Waals surface area contributed by atoms with Crippen LogP contribution >= 0.6 is 11.8 Å². The molecule has 27 heavy (non-hydrogen) atoms. The first-order valence-electron chi connectivity index (χ1n) is 9.30. The molecule has 0 radical (unpaired) electrons. The van der Waals surface area contributed by atoms with E-state index in [0.29, 0.717) is 29.7 Å². The van der Waals surface area contributed by atoms with Crippen LogP contribution in [0.4, 0.5) is 0 Å². The van der Waals surface area contributed by atoms with Gasteiger partial charge >= 0.3 is 0 Å². The summed E-state index contributed by atoms with van der Waals surface area (Å²) in [6, 6.07) is 11.4. The number of carbonyl (C=O) groups excluding carboxylic acids is 2. The Morgan fingerprint density at radius 3 is 2.33 bits per heavy atom. The van der Waals surface area contributed by atoms with Gasteiger partial charge in [0, 0.05) is 34.9 Å². The van der Waals surface area contributed by atoms with Crippen LogP contribution in [0.15, 0.2) is 36.4 Å². The number of amides is 2. The highest BCUT2D eigenvalue weighted by Gasteiger charge is 2.35. The summed E-state index contributed by atoms with van der Waals surface area (Å²) in [6.45, 7) is 8.87. The smallest absolute Gasteiger partial charge is 0.255 e. The van der Waals surface area contributed by atoms with Gasteiger partial charge < -0.3 is 14.8 Å². The van der Waals surface area contributed by atoms with E-state index in [4.69, 9.17) is 0 Å². The van der Waals surface area contributed by atoms with E-state index in [1.807, 2.05) is 24.3 Å². The number of nitrogens with zero attached hydrogens (tertiary/aromatic N) is 2. The van der Waals surface area contributed by atoms with Crippen LogP contribution in [-0.2, 0) is 4.79 Å². The first-order chi connectivity index (χ1) is 12.9. The number of carbonyl (C=O) groups is 2. The fourth-order valence-corrected chi connectivity index (χ4v) is 4.43. The standard InChI is InChI=1S/C21H27N3O2S/c1-14(2)11-22-20(25)19-12-27-13-23(19)21(26)17-7-9-18(10-8-17)24-15(3)5-6-16(24)4/h5-10,14,19H,11-13H2,1-4H3,(H,22,25). The minimum absolute atomic E-state index is 0.0581. The van der Waals surface area contributed by atoms with Crippen molar-refractivity contribution >= 4 is 23.6 Å². The zero-order chi connectivity index (χ0) is 19.6. The molecular weight excluding hydrogens is 358 g/mol. The van der Waals surface area contributed by atoms with Crippen molar-refractivity contribution in [3.05, 3.63) is 53.3 Å². The average molecular weight is 386 g/mol. The summed E-state index contributed by atoms with van der Waals surface area (Å²) >= 11 is 1.62. The Labute approximate surface area is 165 Å². The zero-order valence-corrected chi connectivity index (χ0v) is 17.2. The molecule has 1 fully saturated rings. The van der Waals surface area contributed by atoms with Crippen LogP contribution in [0.3, 0.4) is 0 Å². The summed E-state index contributed by atoms with van der Waals surface area (Å²) in [5, 5.41) is 2.95. The van der Waals surface area contributed by atoms with E-state index in [2.05, 4.69) is 49.7 Å². The third kappa shape index (κ3) is 4.21. The minimum Gasteiger partial charge on any atom is -0.354 e. The second-order valence-corrected chi connectivity index (χ2v) is 8.43. The van der Waals surface area contributed by atoms with Crippen LogP contribution in [0.2, 0.25) is 0 Å². The number of benzene rings is 1. The Balaban J connectivity index is 1.74. The largest absolute Gasteiger partial charge is 0.354 e. The molecule has 0 aliphatic carbocycles. The second-order valence-electron chi connectivity index (χ2n) is 7.43. The van der Waals surface area contributed by atoms with Crippen LogP contribution < -0.4 is 5.32 Å². The molecule has 1 saturated heterocycles. The highest BCUT2D eigenvalue weighted by Crippen LogP contribution is 2.24. The van der Waals surface area contributed by atoms with Gasteiger partial charge in [0.25, 0.3) is 5.91 Å². The molecule has 144 valence electrons. The maximum Gasteiger partial charge on any atom is 0.255 e. The highest BCUT2D eigenvalue weighted by atomic mass is 32.2. The van der Waals surface area contributed by atoms with Crippen molar-refractivity contribution < 1.29 is 9.59 Å². The monoisotopic (exact) mass is 385 g/mol. The zero-order valence-electron chi connectivity index (χ0n) is 16.4. The van der Waals surface area contributed by atoms with Crippen LogP contribution in [0.1, 0.15) is 35.6 Å². The molecule has 3 rings (SSSR count). The quantitative estimate of drug-likeness (QED) is 0.858. The van der Waals surface area contributed by atoms with Crippen molar-refractivity contribution in [1.82, 2.24) is 14.8 Å². The van der Waals surface area contributed by atoms with Crippen LogP contribution in [0.25, 0.3) is 5.69 Å². The second kappa shape index (κ2) is 8.21. The molecule has 1 aromatic carbocycles. The van der Waals surface area contributed by atoms with Gasteiger partial charge in [-0.25, -0.2) is 0 Å². The van der Waals surface area contributed by atoms with Crippen molar-refractivity contribution in [2.75, 3.05) is 18.2 Å². The topological polar surface area (TPSA) is 54.3 Å². The lowest BCUT2D eigenvalue weighted by Gasteiger charge is -2.23. The number of rotatable bonds is 5. The van der Waals surface area contributed by atoms with Gasteiger partial charge in [0.15, 0.2) is 0 Å². The third-order valence-corrected chi connectivity index (χ3v) is 5.79. The van der Waals surface area contributed by atoms with Crippen LogP contribution in [0.5, 0.6) is 0 Å². The first-order valence-corrected chi connectivity index (χ1v) is 10.5. The van der Waals surface area contributed by atoms with E-state index in [9.17, 15) is 9.59 Å². The lowest BCUT2D eigenvalue weighted by atomic mass is 10.1. The molecule has 1 unspecified atom stereocenters. The van der Waals surface area contributed by atoms with Crippen molar-refractivity contribution in [3.63, 3.8) is 0 Å². The number of aryl methyl sites for hydroxylation is 2. The van der Waals surface area contributed by atoms with Gasteiger partial charge in [-0.1, -0.05) is 13.8 Å². The summed E-state index contributed by atoms with van der Waals surface area (Å²) < 4.78 is 2.15. The third-order valence-electron chi connectivity index (χ3n) is 4.77. The fourth-order valence-electron chi connectivity index (χ4n) is 3.28. The predicted octanol–water partition coefficient (Wildman–Crippen LogP) is 3.38. The van der Waals surface area contributed by atoms with Gasteiger partial charge in [0.1, 0.15) is 6.04 Å². The fraction of sp³-hybridized carbons (Fsp3) is 0.429. The summed E-state index contributed by atoms with van der Waals surface area (Å²) in [5.74, 6) is 1.45. The van der Waals surface area contributed by atoms with Gasteiger partial charge in [0.2, 0.25) is 5.91 Å². The van der Waals surface area contributed by atoms with Crippen molar-refractivity contribution in [3.8, 4) is 5.69 Å². The first kappa shape index (κ1) is 19.5. The lowest BCUT2D eigenvalue weighted by molar-refractivity contribution is -0.124. The molecule has 1 aromatic heterocycles. The maximum absolute atomic E-state index is 13.0. The molecule has 1 aliphatic heterocycles. The molecule has 6 heteroatoms. The average Bonchev–Trinajstić information content (AvgIpc) is 3.26. The SMILES string of the molecule is Cc1ccc(C)n1-c1ccc(C(=O)N2CSCC2C(=O)NCC(C)C)cc1. The Bertz CT molecular complexity index is 807.